The first-order chi connectivity index (χ1) is 10.1. The Morgan fingerprint density at radius 3 is 2.38 bits per heavy atom. The maximum Gasteiger partial charge on any atom is 0.185 e. The van der Waals surface area contributed by atoms with E-state index < -0.39 is 0 Å². The molecule has 4 heteroatoms. The number of thiazole rings is 1. The number of nitrogens with one attached hydrogen (secondary N) is 1. The van der Waals surface area contributed by atoms with Gasteiger partial charge in [0.05, 0.1) is 6.54 Å². The number of hydrogen-bond donors (Lipinski definition) is 1. The first-order valence-electron chi connectivity index (χ1n) is 7.67. The van der Waals surface area contributed by atoms with E-state index >= 15 is 0 Å². The smallest absolute Gasteiger partial charge is 0.185 e. The van der Waals surface area contributed by atoms with Gasteiger partial charge in [-0.15, -0.1) is 11.3 Å². The van der Waals surface area contributed by atoms with Crippen LogP contribution in [0, 0.1) is 0 Å². The summed E-state index contributed by atoms with van der Waals surface area (Å²) in [6.07, 6.45) is 1.98. The van der Waals surface area contributed by atoms with Crippen molar-refractivity contribution in [3.8, 4) is 0 Å². The van der Waals surface area contributed by atoms with Crippen molar-refractivity contribution in [2.75, 3.05) is 23.3 Å². The van der Waals surface area contributed by atoms with Crippen LogP contribution in [0.4, 0.5) is 10.8 Å². The van der Waals surface area contributed by atoms with Gasteiger partial charge < -0.3 is 10.2 Å². The lowest BCUT2D eigenvalue weighted by Crippen LogP contribution is -2.21. The molecule has 2 aromatic rings. The lowest BCUT2D eigenvalue weighted by atomic mass is 10.0. The molecule has 1 N–H and O–H groups in total. The minimum atomic E-state index is 0.581. The summed E-state index contributed by atoms with van der Waals surface area (Å²) in [5.41, 5.74) is 2.54. The van der Waals surface area contributed by atoms with E-state index in [1.54, 1.807) is 11.3 Å². The molecule has 0 amide bonds. The van der Waals surface area contributed by atoms with Crippen molar-refractivity contribution in [1.29, 1.82) is 0 Å². The first kappa shape index (κ1) is 15.8. The van der Waals surface area contributed by atoms with Crippen LogP contribution in [-0.2, 0) is 6.54 Å². The standard InChI is InChI=1S/C17H25N3S/c1-5-20(6-2)17-19-12-16(21-17)11-18-15-9-7-14(8-10-15)13(3)4/h7-10,12-13,18H,5-6,11H2,1-4H3. The van der Waals surface area contributed by atoms with Gasteiger partial charge in [0.15, 0.2) is 5.13 Å². The third-order valence-corrected chi connectivity index (χ3v) is 4.68. The molecule has 1 heterocycles. The minimum Gasteiger partial charge on any atom is -0.380 e. The minimum absolute atomic E-state index is 0.581. The summed E-state index contributed by atoms with van der Waals surface area (Å²) in [5, 5.41) is 4.58. The van der Waals surface area contributed by atoms with E-state index in [1.165, 1.54) is 10.4 Å². The predicted octanol–water partition coefficient (Wildman–Crippen LogP) is 4.72. The molecule has 0 spiro atoms. The van der Waals surface area contributed by atoms with Gasteiger partial charge in [-0.25, -0.2) is 4.98 Å². The number of hydrogen-bond acceptors (Lipinski definition) is 4. The van der Waals surface area contributed by atoms with Gasteiger partial charge in [0.25, 0.3) is 0 Å². The van der Waals surface area contributed by atoms with Gasteiger partial charge >= 0.3 is 0 Å². The quantitative estimate of drug-likeness (QED) is 0.802. The molecule has 0 saturated heterocycles. The summed E-state index contributed by atoms with van der Waals surface area (Å²) in [7, 11) is 0. The van der Waals surface area contributed by atoms with Crippen LogP contribution in [-0.4, -0.2) is 18.1 Å². The lowest BCUT2D eigenvalue weighted by molar-refractivity contribution is 0.860. The topological polar surface area (TPSA) is 28.2 Å². The molecular weight excluding hydrogens is 278 g/mol. The van der Waals surface area contributed by atoms with Gasteiger partial charge in [0, 0.05) is 29.9 Å². The van der Waals surface area contributed by atoms with Crippen molar-refractivity contribution in [3.63, 3.8) is 0 Å². The highest BCUT2D eigenvalue weighted by Crippen LogP contribution is 2.23. The molecule has 0 atom stereocenters. The van der Waals surface area contributed by atoms with Crippen molar-refractivity contribution in [2.45, 2.75) is 40.2 Å². The van der Waals surface area contributed by atoms with Crippen LogP contribution in [0.3, 0.4) is 0 Å². The highest BCUT2D eigenvalue weighted by molar-refractivity contribution is 7.15. The Morgan fingerprint density at radius 2 is 1.81 bits per heavy atom. The van der Waals surface area contributed by atoms with E-state index in [2.05, 4.69) is 67.2 Å². The summed E-state index contributed by atoms with van der Waals surface area (Å²) in [6, 6.07) is 8.70. The molecular formula is C17H25N3S. The zero-order valence-corrected chi connectivity index (χ0v) is 14.2. The molecule has 0 saturated carbocycles. The monoisotopic (exact) mass is 303 g/mol. The van der Waals surface area contributed by atoms with Crippen molar-refractivity contribution < 1.29 is 0 Å². The maximum absolute atomic E-state index is 4.51. The zero-order chi connectivity index (χ0) is 15.2. The third-order valence-electron chi connectivity index (χ3n) is 3.62. The molecule has 1 aromatic heterocycles. The van der Waals surface area contributed by atoms with Crippen molar-refractivity contribution in [1.82, 2.24) is 4.98 Å². The Hall–Kier alpha value is -1.55. The van der Waals surface area contributed by atoms with E-state index in [4.69, 9.17) is 0 Å². The second-order valence-electron chi connectivity index (χ2n) is 5.41. The average molecular weight is 303 g/mol. The fourth-order valence-electron chi connectivity index (χ4n) is 2.19. The Labute approximate surface area is 132 Å². The van der Waals surface area contributed by atoms with Gasteiger partial charge in [0.2, 0.25) is 0 Å². The summed E-state index contributed by atoms with van der Waals surface area (Å²) in [5.74, 6) is 0.581. The molecule has 21 heavy (non-hydrogen) atoms. The Morgan fingerprint density at radius 1 is 1.14 bits per heavy atom. The molecule has 0 radical (unpaired) electrons. The van der Waals surface area contributed by atoms with Crippen LogP contribution in [0.15, 0.2) is 30.5 Å². The molecule has 0 aliphatic rings. The van der Waals surface area contributed by atoms with Crippen LogP contribution in [0.2, 0.25) is 0 Å². The molecule has 2 rings (SSSR count). The van der Waals surface area contributed by atoms with Crippen LogP contribution in [0.25, 0.3) is 0 Å². The van der Waals surface area contributed by atoms with Gasteiger partial charge in [-0.2, -0.15) is 0 Å². The second kappa shape index (κ2) is 7.46. The van der Waals surface area contributed by atoms with Crippen molar-refractivity contribution >= 4 is 22.2 Å². The molecule has 3 nitrogen and oxygen atoms in total. The zero-order valence-electron chi connectivity index (χ0n) is 13.4. The predicted molar refractivity (Wildman–Crippen MR) is 93.5 cm³/mol. The number of benzene rings is 1. The van der Waals surface area contributed by atoms with Crippen molar-refractivity contribution in [3.05, 3.63) is 40.9 Å². The molecule has 1 aromatic carbocycles. The molecule has 0 fully saturated rings. The maximum atomic E-state index is 4.51. The normalized spacial score (nSPS) is 10.9. The summed E-state index contributed by atoms with van der Waals surface area (Å²) >= 11 is 1.77. The largest absolute Gasteiger partial charge is 0.380 e. The van der Waals surface area contributed by atoms with Crippen LogP contribution >= 0.6 is 11.3 Å². The molecule has 0 bridgehead atoms. The van der Waals surface area contributed by atoms with E-state index in [1.807, 2.05) is 6.20 Å². The average Bonchev–Trinajstić information content (AvgIpc) is 2.96. The van der Waals surface area contributed by atoms with Crippen LogP contribution in [0.1, 0.15) is 44.1 Å². The molecule has 0 aliphatic heterocycles. The van der Waals surface area contributed by atoms with Gasteiger partial charge in [-0.3, -0.25) is 0 Å². The fourth-order valence-corrected chi connectivity index (χ4v) is 3.17. The fraction of sp³-hybridized carbons (Fsp3) is 0.471. The first-order valence-corrected chi connectivity index (χ1v) is 8.49. The highest BCUT2D eigenvalue weighted by atomic mass is 32.1. The number of nitrogens with zero attached hydrogens (tertiary/aromatic N) is 2. The lowest BCUT2D eigenvalue weighted by Gasteiger charge is -2.16. The third kappa shape index (κ3) is 4.21. The number of rotatable bonds is 7. The van der Waals surface area contributed by atoms with Crippen LogP contribution in [0.5, 0.6) is 0 Å². The SMILES string of the molecule is CCN(CC)c1ncc(CNc2ccc(C(C)C)cc2)s1. The summed E-state index contributed by atoms with van der Waals surface area (Å²) < 4.78 is 0. The number of anilines is 2. The molecule has 114 valence electrons. The summed E-state index contributed by atoms with van der Waals surface area (Å²) in [6.45, 7) is 11.6. The van der Waals surface area contributed by atoms with Crippen molar-refractivity contribution in [2.24, 2.45) is 0 Å². The molecule has 0 aliphatic carbocycles. The van der Waals surface area contributed by atoms with E-state index in [-0.39, 0.29) is 0 Å². The van der Waals surface area contributed by atoms with Gasteiger partial charge in [-0.05, 0) is 37.5 Å². The number of aromatic nitrogens is 1. The van der Waals surface area contributed by atoms with E-state index in [0.29, 0.717) is 5.92 Å². The highest BCUT2D eigenvalue weighted by Gasteiger charge is 2.07. The Bertz CT molecular complexity index is 541. The Balaban J connectivity index is 1.93. The van der Waals surface area contributed by atoms with Crippen LogP contribution < -0.4 is 10.2 Å². The summed E-state index contributed by atoms with van der Waals surface area (Å²) in [4.78, 5) is 8.06. The second-order valence-corrected chi connectivity index (χ2v) is 6.51. The van der Waals surface area contributed by atoms with Gasteiger partial charge in [0.1, 0.15) is 0 Å². The van der Waals surface area contributed by atoms with Gasteiger partial charge in [-0.1, -0.05) is 26.0 Å². The van der Waals surface area contributed by atoms with E-state index in [0.717, 1.165) is 30.5 Å². The Kier molecular flexibility index (Phi) is 5.62. The molecule has 0 unspecified atom stereocenters. The van der Waals surface area contributed by atoms with E-state index in [9.17, 15) is 0 Å².